The summed E-state index contributed by atoms with van der Waals surface area (Å²) < 4.78 is 1.09. The Morgan fingerprint density at radius 2 is 1.71 bits per heavy atom. The van der Waals surface area contributed by atoms with Gasteiger partial charge in [-0.15, -0.1) is 0 Å². The number of halogens is 1. The Morgan fingerprint density at radius 1 is 1.05 bits per heavy atom. The van der Waals surface area contributed by atoms with Crippen molar-refractivity contribution in [3.05, 3.63) is 58.1 Å². The fourth-order valence-electron chi connectivity index (χ4n) is 2.26. The molecule has 0 fully saturated rings. The Bertz CT molecular complexity index is 589. The molecule has 0 saturated carbocycles. The van der Waals surface area contributed by atoms with Crippen molar-refractivity contribution in [2.75, 3.05) is 24.3 Å². The predicted octanol–water partition coefficient (Wildman–Crippen LogP) is 5.25. The van der Waals surface area contributed by atoms with Crippen molar-refractivity contribution in [2.24, 2.45) is 0 Å². The molecule has 2 rings (SSSR count). The highest BCUT2D eigenvalue weighted by Gasteiger charge is 2.05. The second-order valence-electron chi connectivity index (χ2n) is 5.81. The fourth-order valence-corrected chi connectivity index (χ4v) is 2.62. The molecule has 0 atom stereocenters. The van der Waals surface area contributed by atoms with Crippen LogP contribution in [-0.4, -0.2) is 14.1 Å². The maximum atomic E-state index is 3.54. The van der Waals surface area contributed by atoms with Gasteiger partial charge < -0.3 is 10.2 Å². The third-order valence-corrected chi connectivity index (χ3v) is 4.06. The van der Waals surface area contributed by atoms with Crippen LogP contribution < -0.4 is 10.2 Å². The van der Waals surface area contributed by atoms with Gasteiger partial charge in [-0.25, -0.2) is 0 Å². The summed E-state index contributed by atoms with van der Waals surface area (Å²) in [6.45, 7) is 5.27. The second kappa shape index (κ2) is 6.99. The van der Waals surface area contributed by atoms with E-state index in [2.05, 4.69) is 96.6 Å². The smallest absolute Gasteiger partial charge is 0.0597 e. The van der Waals surface area contributed by atoms with Crippen molar-refractivity contribution in [2.45, 2.75) is 26.3 Å². The molecule has 0 aromatic heterocycles. The molecule has 2 nitrogen and oxygen atoms in total. The van der Waals surface area contributed by atoms with Crippen LogP contribution in [0.1, 0.15) is 30.9 Å². The van der Waals surface area contributed by atoms with Gasteiger partial charge in [-0.2, -0.15) is 0 Å². The first-order chi connectivity index (χ1) is 9.97. The van der Waals surface area contributed by atoms with Gasteiger partial charge in [0.2, 0.25) is 0 Å². The average Bonchev–Trinajstić information content (AvgIpc) is 2.45. The van der Waals surface area contributed by atoms with Crippen LogP contribution in [0, 0.1) is 0 Å². The summed E-state index contributed by atoms with van der Waals surface area (Å²) >= 11 is 3.54. The second-order valence-corrected chi connectivity index (χ2v) is 6.72. The monoisotopic (exact) mass is 346 g/mol. The van der Waals surface area contributed by atoms with E-state index in [1.165, 1.54) is 16.8 Å². The molecule has 2 aromatic rings. The molecule has 0 unspecified atom stereocenters. The third kappa shape index (κ3) is 4.24. The molecular weight excluding hydrogens is 324 g/mol. The molecule has 0 radical (unpaired) electrons. The van der Waals surface area contributed by atoms with Crippen molar-refractivity contribution in [3.63, 3.8) is 0 Å². The van der Waals surface area contributed by atoms with Crippen LogP contribution in [-0.2, 0) is 6.54 Å². The van der Waals surface area contributed by atoms with Crippen LogP contribution in [0.3, 0.4) is 0 Å². The van der Waals surface area contributed by atoms with Gasteiger partial charge in [0.1, 0.15) is 0 Å². The summed E-state index contributed by atoms with van der Waals surface area (Å²) in [5, 5.41) is 3.53. The number of rotatable bonds is 5. The molecule has 1 N–H and O–H groups in total. The minimum atomic E-state index is 0.581. The molecule has 0 aliphatic carbocycles. The van der Waals surface area contributed by atoms with E-state index in [-0.39, 0.29) is 0 Å². The van der Waals surface area contributed by atoms with Crippen molar-refractivity contribution in [1.29, 1.82) is 0 Å². The van der Waals surface area contributed by atoms with E-state index in [1.807, 2.05) is 0 Å². The number of nitrogens with zero attached hydrogens (tertiary/aromatic N) is 1. The van der Waals surface area contributed by atoms with E-state index in [4.69, 9.17) is 0 Å². The minimum absolute atomic E-state index is 0.581. The fraction of sp³-hybridized carbons (Fsp3) is 0.333. The Kier molecular flexibility index (Phi) is 5.29. The number of anilines is 2. The Balaban J connectivity index is 2.10. The highest BCUT2D eigenvalue weighted by molar-refractivity contribution is 9.10. The average molecular weight is 347 g/mol. The van der Waals surface area contributed by atoms with Crippen LogP contribution in [0.4, 0.5) is 11.4 Å². The summed E-state index contributed by atoms with van der Waals surface area (Å²) in [5.74, 6) is 0.581. The zero-order valence-electron chi connectivity index (χ0n) is 13.2. The standard InChI is InChI=1S/C18H23BrN2/c1-13(2)15-7-5-14(6-8-15)12-20-17-11-16(19)9-10-18(17)21(3)4/h5-11,13,20H,12H2,1-4H3. The molecule has 0 heterocycles. The Labute approximate surface area is 136 Å². The molecule has 21 heavy (non-hydrogen) atoms. The lowest BCUT2D eigenvalue weighted by Gasteiger charge is -2.19. The lowest BCUT2D eigenvalue weighted by atomic mass is 10.0. The lowest BCUT2D eigenvalue weighted by molar-refractivity contribution is 0.865. The summed E-state index contributed by atoms with van der Waals surface area (Å²) in [6, 6.07) is 15.2. The first-order valence-electron chi connectivity index (χ1n) is 7.27. The van der Waals surface area contributed by atoms with Crippen LogP contribution in [0.2, 0.25) is 0 Å². The molecular formula is C18H23BrN2. The summed E-state index contributed by atoms with van der Waals surface area (Å²) in [6.07, 6.45) is 0. The van der Waals surface area contributed by atoms with E-state index in [1.54, 1.807) is 0 Å². The molecule has 0 amide bonds. The van der Waals surface area contributed by atoms with E-state index < -0.39 is 0 Å². The Morgan fingerprint density at radius 3 is 2.29 bits per heavy atom. The summed E-state index contributed by atoms with van der Waals surface area (Å²) in [4.78, 5) is 2.12. The van der Waals surface area contributed by atoms with Crippen molar-refractivity contribution < 1.29 is 0 Å². The number of benzene rings is 2. The summed E-state index contributed by atoms with van der Waals surface area (Å²) in [7, 11) is 4.12. The maximum Gasteiger partial charge on any atom is 0.0597 e. The first-order valence-corrected chi connectivity index (χ1v) is 8.06. The quantitative estimate of drug-likeness (QED) is 0.795. The Hall–Kier alpha value is -1.48. The van der Waals surface area contributed by atoms with Crippen molar-refractivity contribution >= 4 is 27.3 Å². The van der Waals surface area contributed by atoms with Crippen LogP contribution >= 0.6 is 15.9 Å². The summed E-state index contributed by atoms with van der Waals surface area (Å²) in [5.41, 5.74) is 5.01. The maximum absolute atomic E-state index is 3.54. The molecule has 2 aromatic carbocycles. The lowest BCUT2D eigenvalue weighted by Crippen LogP contribution is -2.12. The van der Waals surface area contributed by atoms with Gasteiger partial charge in [0, 0.05) is 25.1 Å². The topological polar surface area (TPSA) is 15.3 Å². The van der Waals surface area contributed by atoms with E-state index in [0.717, 1.165) is 16.7 Å². The van der Waals surface area contributed by atoms with Gasteiger partial charge >= 0.3 is 0 Å². The van der Waals surface area contributed by atoms with Gasteiger partial charge in [0.05, 0.1) is 11.4 Å². The van der Waals surface area contributed by atoms with Gasteiger partial charge in [-0.3, -0.25) is 0 Å². The van der Waals surface area contributed by atoms with Gasteiger partial charge in [0.15, 0.2) is 0 Å². The number of hydrogen-bond donors (Lipinski definition) is 1. The SMILES string of the molecule is CC(C)c1ccc(CNc2cc(Br)ccc2N(C)C)cc1. The molecule has 0 bridgehead atoms. The van der Waals surface area contributed by atoms with Crippen LogP contribution in [0.15, 0.2) is 46.9 Å². The molecule has 0 saturated heterocycles. The van der Waals surface area contributed by atoms with Crippen LogP contribution in [0.5, 0.6) is 0 Å². The van der Waals surface area contributed by atoms with Gasteiger partial charge in [-0.1, -0.05) is 54.0 Å². The van der Waals surface area contributed by atoms with Crippen molar-refractivity contribution in [3.8, 4) is 0 Å². The van der Waals surface area contributed by atoms with Crippen LogP contribution in [0.25, 0.3) is 0 Å². The zero-order chi connectivity index (χ0) is 15.4. The number of nitrogens with one attached hydrogen (secondary N) is 1. The van der Waals surface area contributed by atoms with Crippen molar-refractivity contribution in [1.82, 2.24) is 0 Å². The molecule has 3 heteroatoms. The predicted molar refractivity (Wildman–Crippen MR) is 96.3 cm³/mol. The zero-order valence-corrected chi connectivity index (χ0v) is 14.7. The molecule has 0 spiro atoms. The molecule has 0 aliphatic rings. The van der Waals surface area contributed by atoms with Gasteiger partial charge in [-0.05, 0) is 35.2 Å². The third-order valence-electron chi connectivity index (χ3n) is 3.57. The van der Waals surface area contributed by atoms with E-state index in [0.29, 0.717) is 5.92 Å². The minimum Gasteiger partial charge on any atom is -0.379 e. The first kappa shape index (κ1) is 15.9. The molecule has 112 valence electrons. The largest absolute Gasteiger partial charge is 0.379 e. The van der Waals surface area contributed by atoms with E-state index >= 15 is 0 Å². The van der Waals surface area contributed by atoms with Gasteiger partial charge in [0.25, 0.3) is 0 Å². The molecule has 0 aliphatic heterocycles. The number of hydrogen-bond acceptors (Lipinski definition) is 2. The highest BCUT2D eigenvalue weighted by atomic mass is 79.9. The normalized spacial score (nSPS) is 10.8. The highest BCUT2D eigenvalue weighted by Crippen LogP contribution is 2.28. The van der Waals surface area contributed by atoms with E-state index in [9.17, 15) is 0 Å².